The summed E-state index contributed by atoms with van der Waals surface area (Å²) in [4.78, 5) is 24.3. The van der Waals surface area contributed by atoms with Crippen molar-refractivity contribution in [2.75, 3.05) is 26.2 Å². The lowest BCUT2D eigenvalue weighted by Crippen LogP contribution is -2.51. The minimum Gasteiger partial charge on any atom is -0.372 e. The van der Waals surface area contributed by atoms with Crippen molar-refractivity contribution in [1.82, 2.24) is 10.2 Å². The molecule has 1 rings (SSSR count). The first-order valence-corrected chi connectivity index (χ1v) is 5.43. The Labute approximate surface area is 95.1 Å². The maximum Gasteiger partial charge on any atom is 0.242 e. The maximum absolute atomic E-state index is 11.7. The lowest BCUT2D eigenvalue weighted by atomic mass is 10.2. The highest BCUT2D eigenvalue weighted by molar-refractivity contribution is 5.85. The number of nitrogens with zero attached hydrogens (tertiary/aromatic N) is 1. The van der Waals surface area contributed by atoms with E-state index in [9.17, 15) is 9.59 Å². The van der Waals surface area contributed by atoms with Crippen LogP contribution in [0.25, 0.3) is 0 Å². The van der Waals surface area contributed by atoms with Gasteiger partial charge in [0.05, 0.1) is 25.3 Å². The van der Waals surface area contributed by atoms with Crippen molar-refractivity contribution in [2.45, 2.75) is 26.1 Å². The van der Waals surface area contributed by atoms with E-state index in [0.717, 1.165) is 0 Å². The number of hydrogen-bond acceptors (Lipinski definition) is 4. The topological polar surface area (TPSA) is 84.7 Å². The van der Waals surface area contributed by atoms with Crippen LogP contribution in [0.15, 0.2) is 0 Å². The average molecular weight is 229 g/mol. The number of ether oxygens (including phenoxy) is 1. The summed E-state index contributed by atoms with van der Waals surface area (Å²) in [5, 5.41) is 2.46. The third kappa shape index (κ3) is 3.79. The van der Waals surface area contributed by atoms with Gasteiger partial charge in [-0.1, -0.05) is 0 Å². The Balaban J connectivity index is 2.38. The van der Waals surface area contributed by atoms with Gasteiger partial charge in [-0.25, -0.2) is 0 Å². The molecule has 2 atom stereocenters. The van der Waals surface area contributed by atoms with E-state index in [2.05, 4.69) is 5.32 Å². The van der Waals surface area contributed by atoms with E-state index in [-0.39, 0.29) is 37.1 Å². The van der Waals surface area contributed by atoms with Gasteiger partial charge in [0.25, 0.3) is 0 Å². The summed E-state index contributed by atoms with van der Waals surface area (Å²) in [7, 11) is 0. The first kappa shape index (κ1) is 12.9. The highest BCUT2D eigenvalue weighted by Gasteiger charge is 2.25. The molecular weight excluding hydrogens is 210 g/mol. The van der Waals surface area contributed by atoms with Crippen LogP contribution in [0, 0.1) is 0 Å². The molecule has 1 aliphatic heterocycles. The Morgan fingerprint density at radius 3 is 2.44 bits per heavy atom. The van der Waals surface area contributed by atoms with Gasteiger partial charge in [0.2, 0.25) is 11.8 Å². The van der Waals surface area contributed by atoms with E-state index in [1.165, 1.54) is 0 Å². The van der Waals surface area contributed by atoms with E-state index in [1.54, 1.807) is 4.90 Å². The number of nitrogens with two attached hydrogens (primary N) is 1. The van der Waals surface area contributed by atoms with Crippen molar-refractivity contribution in [1.29, 1.82) is 0 Å². The molecule has 2 unspecified atom stereocenters. The van der Waals surface area contributed by atoms with Gasteiger partial charge in [-0.15, -0.1) is 0 Å². The number of nitrogens with one attached hydrogen (secondary N) is 1. The summed E-state index contributed by atoms with van der Waals surface area (Å²) in [6, 6.07) is 0. The Hall–Kier alpha value is -1.14. The second kappa shape index (κ2) is 5.81. The van der Waals surface area contributed by atoms with Crippen LogP contribution in [0.1, 0.15) is 13.8 Å². The van der Waals surface area contributed by atoms with Crippen LogP contribution in [-0.2, 0) is 14.3 Å². The van der Waals surface area contributed by atoms with Gasteiger partial charge in [0.1, 0.15) is 0 Å². The highest BCUT2D eigenvalue weighted by Crippen LogP contribution is 2.10. The SMILES string of the molecule is CC1CN(C(=O)CNC(=O)CN)CC(C)O1. The van der Waals surface area contributed by atoms with Crippen molar-refractivity contribution >= 4 is 11.8 Å². The molecule has 1 heterocycles. The molecule has 0 aromatic rings. The lowest BCUT2D eigenvalue weighted by molar-refractivity contribution is -0.143. The zero-order valence-electron chi connectivity index (χ0n) is 9.73. The molecule has 0 radical (unpaired) electrons. The smallest absolute Gasteiger partial charge is 0.242 e. The van der Waals surface area contributed by atoms with Gasteiger partial charge in [0, 0.05) is 13.1 Å². The quantitative estimate of drug-likeness (QED) is 0.630. The van der Waals surface area contributed by atoms with Gasteiger partial charge >= 0.3 is 0 Å². The third-order valence-electron chi connectivity index (χ3n) is 2.39. The molecule has 0 saturated carbocycles. The van der Waals surface area contributed by atoms with E-state index in [1.807, 2.05) is 13.8 Å². The van der Waals surface area contributed by atoms with Crippen molar-refractivity contribution in [3.8, 4) is 0 Å². The first-order chi connectivity index (χ1) is 7.52. The predicted molar refractivity (Wildman–Crippen MR) is 58.7 cm³/mol. The fourth-order valence-electron chi connectivity index (χ4n) is 1.74. The number of carbonyl (C=O) groups is 2. The van der Waals surface area contributed by atoms with Crippen molar-refractivity contribution in [3.05, 3.63) is 0 Å². The Morgan fingerprint density at radius 1 is 1.38 bits per heavy atom. The molecule has 3 N–H and O–H groups in total. The highest BCUT2D eigenvalue weighted by atomic mass is 16.5. The molecule has 16 heavy (non-hydrogen) atoms. The molecule has 0 aromatic carbocycles. The zero-order valence-corrected chi connectivity index (χ0v) is 9.73. The normalized spacial score (nSPS) is 25.3. The maximum atomic E-state index is 11.7. The molecule has 0 aliphatic carbocycles. The Kier molecular flexibility index (Phi) is 4.70. The third-order valence-corrected chi connectivity index (χ3v) is 2.39. The molecule has 1 fully saturated rings. The molecule has 0 bridgehead atoms. The van der Waals surface area contributed by atoms with E-state index < -0.39 is 0 Å². The second-order valence-electron chi connectivity index (χ2n) is 4.04. The second-order valence-corrected chi connectivity index (χ2v) is 4.04. The molecular formula is C10H19N3O3. The van der Waals surface area contributed by atoms with Crippen LogP contribution in [0.3, 0.4) is 0 Å². The summed E-state index contributed by atoms with van der Waals surface area (Å²) >= 11 is 0. The molecule has 0 spiro atoms. The number of rotatable bonds is 3. The Bertz CT molecular complexity index is 260. The van der Waals surface area contributed by atoms with Gasteiger partial charge in [-0.3, -0.25) is 9.59 Å². The van der Waals surface area contributed by atoms with Crippen LogP contribution in [0.4, 0.5) is 0 Å². The molecule has 92 valence electrons. The van der Waals surface area contributed by atoms with Crippen LogP contribution in [0.5, 0.6) is 0 Å². The van der Waals surface area contributed by atoms with Crippen molar-refractivity contribution in [3.63, 3.8) is 0 Å². The minimum absolute atomic E-state index is 0.00940. The Morgan fingerprint density at radius 2 is 1.94 bits per heavy atom. The fraction of sp³-hybridized carbons (Fsp3) is 0.800. The lowest BCUT2D eigenvalue weighted by Gasteiger charge is -2.35. The number of morpholine rings is 1. The number of hydrogen-bond donors (Lipinski definition) is 2. The van der Waals surface area contributed by atoms with E-state index >= 15 is 0 Å². The first-order valence-electron chi connectivity index (χ1n) is 5.43. The zero-order chi connectivity index (χ0) is 12.1. The minimum atomic E-state index is -0.317. The largest absolute Gasteiger partial charge is 0.372 e. The fourth-order valence-corrected chi connectivity index (χ4v) is 1.74. The van der Waals surface area contributed by atoms with Gasteiger partial charge in [-0.05, 0) is 13.8 Å². The van der Waals surface area contributed by atoms with Crippen molar-refractivity contribution in [2.24, 2.45) is 5.73 Å². The molecule has 1 saturated heterocycles. The summed E-state index contributed by atoms with van der Waals surface area (Å²) in [6.45, 7) is 4.91. The van der Waals surface area contributed by atoms with Gasteiger partial charge < -0.3 is 20.7 Å². The standard InChI is InChI=1S/C10H19N3O3/c1-7-5-13(6-8(2)16-7)10(15)4-12-9(14)3-11/h7-8H,3-6,11H2,1-2H3,(H,12,14). The summed E-state index contributed by atoms with van der Waals surface area (Å²) < 4.78 is 5.51. The summed E-state index contributed by atoms with van der Waals surface area (Å²) in [6.07, 6.45) is 0.0795. The number of carbonyl (C=O) groups excluding carboxylic acids is 2. The predicted octanol–water partition coefficient (Wildman–Crippen LogP) is -1.30. The van der Waals surface area contributed by atoms with E-state index in [0.29, 0.717) is 13.1 Å². The van der Waals surface area contributed by atoms with Crippen LogP contribution in [0.2, 0.25) is 0 Å². The summed E-state index contributed by atoms with van der Waals surface area (Å²) in [5.74, 6) is -0.411. The molecule has 6 heteroatoms. The molecule has 2 amide bonds. The van der Waals surface area contributed by atoms with Gasteiger partial charge in [0.15, 0.2) is 0 Å². The average Bonchev–Trinajstić information content (AvgIpc) is 2.23. The summed E-state index contributed by atoms with van der Waals surface area (Å²) in [5.41, 5.74) is 5.12. The molecule has 0 aromatic heterocycles. The monoisotopic (exact) mass is 229 g/mol. The van der Waals surface area contributed by atoms with Crippen LogP contribution >= 0.6 is 0 Å². The molecule has 1 aliphatic rings. The number of amides is 2. The van der Waals surface area contributed by atoms with Crippen molar-refractivity contribution < 1.29 is 14.3 Å². The van der Waals surface area contributed by atoms with E-state index in [4.69, 9.17) is 10.5 Å². The van der Waals surface area contributed by atoms with Crippen LogP contribution < -0.4 is 11.1 Å². The van der Waals surface area contributed by atoms with Crippen LogP contribution in [-0.4, -0.2) is 55.1 Å². The molecule has 6 nitrogen and oxygen atoms in total. The van der Waals surface area contributed by atoms with Gasteiger partial charge in [-0.2, -0.15) is 0 Å².